The Morgan fingerprint density at radius 2 is 2.10 bits per heavy atom. The van der Waals surface area contributed by atoms with E-state index in [1.54, 1.807) is 0 Å². The quantitative estimate of drug-likeness (QED) is 0.849. The summed E-state index contributed by atoms with van der Waals surface area (Å²) in [5.41, 5.74) is 0.926. The predicted molar refractivity (Wildman–Crippen MR) is 69.6 cm³/mol. The molecule has 2 heterocycles. The number of fused-ring (bicyclic) bond motifs is 1. The van der Waals surface area contributed by atoms with Crippen molar-refractivity contribution in [1.29, 1.82) is 0 Å². The Morgan fingerprint density at radius 3 is 2.65 bits per heavy atom. The summed E-state index contributed by atoms with van der Waals surface area (Å²) in [5.74, 6) is -0.200. The molecule has 1 aliphatic heterocycles. The Kier molecular flexibility index (Phi) is 3.23. The van der Waals surface area contributed by atoms with E-state index in [1.165, 1.54) is 7.11 Å². The number of carbonyl (C=O) groups excluding carboxylic acids is 1. The van der Waals surface area contributed by atoms with E-state index >= 15 is 0 Å². The van der Waals surface area contributed by atoms with Crippen molar-refractivity contribution >= 4 is 11.9 Å². The van der Waals surface area contributed by atoms with Crippen molar-refractivity contribution in [3.63, 3.8) is 0 Å². The number of aromatic nitrogens is 2. The number of aromatic carboxylic acids is 1. The molecule has 1 atom stereocenters. The molecule has 6 heteroatoms. The molecule has 3 rings (SSSR count). The lowest BCUT2D eigenvalue weighted by atomic mass is 9.84. The van der Waals surface area contributed by atoms with Gasteiger partial charge in [-0.1, -0.05) is 6.42 Å². The van der Waals surface area contributed by atoms with Gasteiger partial charge in [-0.05, 0) is 25.7 Å². The van der Waals surface area contributed by atoms with Gasteiger partial charge in [-0.25, -0.2) is 9.78 Å². The Morgan fingerprint density at radius 1 is 1.35 bits per heavy atom. The number of rotatable bonds is 3. The van der Waals surface area contributed by atoms with Crippen LogP contribution in [-0.2, 0) is 22.5 Å². The van der Waals surface area contributed by atoms with Gasteiger partial charge in [-0.15, -0.1) is 0 Å². The van der Waals surface area contributed by atoms with Crippen molar-refractivity contribution in [3.8, 4) is 0 Å². The summed E-state index contributed by atoms with van der Waals surface area (Å²) in [5, 5.41) is 9.28. The summed E-state index contributed by atoms with van der Waals surface area (Å²) in [4.78, 5) is 27.4. The second-order valence-electron chi connectivity index (χ2n) is 5.57. The normalized spacial score (nSPS) is 21.9. The third-order valence-corrected chi connectivity index (χ3v) is 4.44. The first-order valence-electron chi connectivity index (χ1n) is 7.02. The van der Waals surface area contributed by atoms with Crippen molar-refractivity contribution in [2.24, 2.45) is 5.92 Å². The summed E-state index contributed by atoms with van der Waals surface area (Å²) in [6, 6.07) is 0. The molecule has 1 aromatic rings. The number of methoxy groups -OCH3 is 1. The van der Waals surface area contributed by atoms with Gasteiger partial charge in [0.05, 0.1) is 18.7 Å². The molecule has 2 aliphatic rings. The first-order valence-corrected chi connectivity index (χ1v) is 7.02. The lowest BCUT2D eigenvalue weighted by molar-refractivity contribution is -0.146. The van der Waals surface area contributed by atoms with Crippen LogP contribution in [0.4, 0.5) is 0 Å². The molecule has 1 unspecified atom stereocenters. The molecule has 6 nitrogen and oxygen atoms in total. The second kappa shape index (κ2) is 4.92. The third kappa shape index (κ3) is 1.99. The van der Waals surface area contributed by atoms with Crippen molar-refractivity contribution < 1.29 is 19.4 Å². The van der Waals surface area contributed by atoms with Gasteiger partial charge in [-0.3, -0.25) is 4.79 Å². The molecule has 0 spiro atoms. The summed E-state index contributed by atoms with van der Waals surface area (Å²) in [6.45, 7) is 0.494. The highest BCUT2D eigenvalue weighted by Gasteiger charge is 2.35. The lowest BCUT2D eigenvalue weighted by Gasteiger charge is -2.29. The maximum absolute atomic E-state index is 11.7. The van der Waals surface area contributed by atoms with Crippen molar-refractivity contribution in [3.05, 3.63) is 17.2 Å². The van der Waals surface area contributed by atoms with Gasteiger partial charge in [0.2, 0.25) is 0 Å². The molecule has 1 fully saturated rings. The molecule has 1 N–H and O–H groups in total. The van der Waals surface area contributed by atoms with E-state index in [0.29, 0.717) is 25.3 Å². The SMILES string of the molecule is COC(=O)C1CCc2c(C(=O)O)nc(C3CCC3)n2C1. The fraction of sp³-hybridized carbons (Fsp3) is 0.643. The molecule has 0 bridgehead atoms. The smallest absolute Gasteiger partial charge is 0.356 e. The average molecular weight is 278 g/mol. The summed E-state index contributed by atoms with van der Waals surface area (Å²) in [6.07, 6.45) is 4.47. The minimum Gasteiger partial charge on any atom is -0.476 e. The van der Waals surface area contributed by atoms with Crippen LogP contribution >= 0.6 is 0 Å². The van der Waals surface area contributed by atoms with Crippen LogP contribution in [0.1, 0.15) is 53.6 Å². The largest absolute Gasteiger partial charge is 0.476 e. The molecule has 108 valence electrons. The van der Waals surface area contributed by atoms with Crippen LogP contribution in [0.2, 0.25) is 0 Å². The summed E-state index contributed by atoms with van der Waals surface area (Å²) < 4.78 is 6.77. The zero-order valence-electron chi connectivity index (χ0n) is 11.5. The maximum Gasteiger partial charge on any atom is 0.356 e. The number of hydrogen-bond acceptors (Lipinski definition) is 4. The molecule has 1 aromatic heterocycles. The minimum atomic E-state index is -0.976. The number of hydrogen-bond donors (Lipinski definition) is 1. The Balaban J connectivity index is 1.97. The Hall–Kier alpha value is -1.85. The zero-order valence-corrected chi connectivity index (χ0v) is 11.5. The molecule has 20 heavy (non-hydrogen) atoms. The highest BCUT2D eigenvalue weighted by Crippen LogP contribution is 2.38. The number of nitrogens with zero attached hydrogens (tertiary/aromatic N) is 2. The second-order valence-corrected chi connectivity index (χ2v) is 5.57. The molecular formula is C14H18N2O4. The highest BCUT2D eigenvalue weighted by molar-refractivity contribution is 5.87. The number of carboxylic acids is 1. The van der Waals surface area contributed by atoms with Gasteiger partial charge in [0.25, 0.3) is 0 Å². The van der Waals surface area contributed by atoms with E-state index in [4.69, 9.17) is 4.74 Å². The first-order chi connectivity index (χ1) is 9.61. The van der Waals surface area contributed by atoms with Crippen LogP contribution in [0.5, 0.6) is 0 Å². The van der Waals surface area contributed by atoms with Gasteiger partial charge in [0, 0.05) is 12.5 Å². The van der Waals surface area contributed by atoms with Gasteiger partial charge in [0.1, 0.15) is 5.82 Å². The van der Waals surface area contributed by atoms with Crippen molar-refractivity contribution in [1.82, 2.24) is 9.55 Å². The fourth-order valence-corrected chi connectivity index (χ4v) is 3.09. The number of esters is 1. The van der Waals surface area contributed by atoms with E-state index in [-0.39, 0.29) is 17.6 Å². The van der Waals surface area contributed by atoms with E-state index in [9.17, 15) is 14.7 Å². The number of imidazole rings is 1. The summed E-state index contributed by atoms with van der Waals surface area (Å²) in [7, 11) is 1.39. The average Bonchev–Trinajstić information content (AvgIpc) is 2.75. The third-order valence-electron chi connectivity index (χ3n) is 4.44. The van der Waals surface area contributed by atoms with Crippen molar-refractivity contribution in [2.45, 2.75) is 44.6 Å². The lowest BCUT2D eigenvalue weighted by Crippen LogP contribution is -2.30. The van der Waals surface area contributed by atoms with Crippen LogP contribution in [0.15, 0.2) is 0 Å². The van der Waals surface area contributed by atoms with Crippen LogP contribution in [0.25, 0.3) is 0 Å². The fourth-order valence-electron chi connectivity index (χ4n) is 3.09. The maximum atomic E-state index is 11.7. The van der Waals surface area contributed by atoms with Crippen molar-refractivity contribution in [2.75, 3.05) is 7.11 Å². The molecule has 1 saturated carbocycles. The summed E-state index contributed by atoms with van der Waals surface area (Å²) >= 11 is 0. The minimum absolute atomic E-state index is 0.162. The number of ether oxygens (including phenoxy) is 1. The van der Waals surface area contributed by atoms with Gasteiger partial charge in [0.15, 0.2) is 5.69 Å². The van der Waals surface area contributed by atoms with Crippen LogP contribution in [-0.4, -0.2) is 33.7 Å². The molecule has 0 amide bonds. The van der Waals surface area contributed by atoms with Gasteiger partial charge >= 0.3 is 11.9 Å². The zero-order chi connectivity index (χ0) is 14.3. The van der Waals surface area contributed by atoms with E-state index in [2.05, 4.69) is 4.98 Å². The number of carbonyl (C=O) groups is 2. The van der Waals surface area contributed by atoms with Gasteiger partial charge < -0.3 is 14.4 Å². The van der Waals surface area contributed by atoms with Crippen LogP contribution in [0, 0.1) is 5.92 Å². The molecular weight excluding hydrogens is 260 g/mol. The Labute approximate surface area is 116 Å². The standard InChI is InChI=1S/C14H18N2O4/c1-20-14(19)9-5-6-10-11(13(17)18)15-12(16(10)7-9)8-3-2-4-8/h8-9H,2-7H2,1H3,(H,17,18). The predicted octanol–water partition coefficient (Wildman–Crippen LogP) is 1.58. The topological polar surface area (TPSA) is 81.4 Å². The van der Waals surface area contributed by atoms with E-state index in [1.807, 2.05) is 4.57 Å². The van der Waals surface area contributed by atoms with E-state index in [0.717, 1.165) is 30.8 Å². The highest BCUT2D eigenvalue weighted by atomic mass is 16.5. The van der Waals surface area contributed by atoms with Crippen LogP contribution in [0.3, 0.4) is 0 Å². The first kappa shape index (κ1) is 13.1. The monoisotopic (exact) mass is 278 g/mol. The van der Waals surface area contributed by atoms with Gasteiger partial charge in [-0.2, -0.15) is 0 Å². The molecule has 0 aromatic carbocycles. The molecule has 1 aliphatic carbocycles. The molecule has 0 radical (unpaired) electrons. The molecule has 0 saturated heterocycles. The number of carboxylic acid groups (broad SMARTS) is 1. The van der Waals surface area contributed by atoms with E-state index < -0.39 is 5.97 Å². The Bertz CT molecular complexity index is 560. The van der Waals surface area contributed by atoms with Crippen LogP contribution < -0.4 is 0 Å².